The second kappa shape index (κ2) is 6.39. The van der Waals surface area contributed by atoms with Gasteiger partial charge in [0.15, 0.2) is 0 Å². The molecule has 1 rings (SSSR count). The summed E-state index contributed by atoms with van der Waals surface area (Å²) in [7, 11) is 0. The Morgan fingerprint density at radius 1 is 1.44 bits per heavy atom. The summed E-state index contributed by atoms with van der Waals surface area (Å²) in [6.07, 6.45) is 2.83. The van der Waals surface area contributed by atoms with Crippen LogP contribution in [0.3, 0.4) is 0 Å². The minimum absolute atomic E-state index is 0.119. The van der Waals surface area contributed by atoms with Gasteiger partial charge < -0.3 is 15.7 Å². The molecule has 18 heavy (non-hydrogen) atoms. The number of nitrogens with zero attached hydrogens (tertiary/aromatic N) is 2. The van der Waals surface area contributed by atoms with E-state index in [4.69, 9.17) is 0 Å². The fourth-order valence-corrected chi connectivity index (χ4v) is 1.29. The van der Waals surface area contributed by atoms with Crippen molar-refractivity contribution in [1.82, 2.24) is 15.1 Å². The molecule has 1 atom stereocenters. The van der Waals surface area contributed by atoms with Crippen LogP contribution in [0.5, 0.6) is 0 Å². The van der Waals surface area contributed by atoms with Crippen LogP contribution in [0.1, 0.15) is 33.7 Å². The number of carbonyl (C=O) groups excluding carboxylic acids is 1. The average Bonchev–Trinajstić information content (AvgIpc) is 2.74. The molecule has 0 bridgehead atoms. The van der Waals surface area contributed by atoms with Gasteiger partial charge in [0.1, 0.15) is 0 Å². The Bertz CT molecular complexity index is 387. The molecule has 0 aromatic carbocycles. The van der Waals surface area contributed by atoms with Gasteiger partial charge in [-0.15, -0.1) is 0 Å². The highest BCUT2D eigenvalue weighted by Crippen LogP contribution is 2.09. The highest BCUT2D eigenvalue weighted by Gasteiger charge is 2.11. The Morgan fingerprint density at radius 3 is 2.61 bits per heavy atom. The van der Waals surface area contributed by atoms with Crippen molar-refractivity contribution >= 4 is 11.7 Å². The molecule has 0 radical (unpaired) electrons. The van der Waals surface area contributed by atoms with E-state index in [-0.39, 0.29) is 24.5 Å². The molecule has 0 aliphatic carbocycles. The predicted molar refractivity (Wildman–Crippen MR) is 70.5 cm³/mol. The molecular weight excluding hydrogens is 232 g/mol. The van der Waals surface area contributed by atoms with E-state index < -0.39 is 6.10 Å². The number of urea groups is 1. The van der Waals surface area contributed by atoms with Crippen molar-refractivity contribution in [3.63, 3.8) is 0 Å². The lowest BCUT2D eigenvalue weighted by molar-refractivity contribution is 0.126. The van der Waals surface area contributed by atoms with Crippen molar-refractivity contribution in [1.29, 1.82) is 0 Å². The first-order valence-electron chi connectivity index (χ1n) is 6.17. The predicted octanol–water partition coefficient (Wildman–Crippen LogP) is 1.60. The fourth-order valence-electron chi connectivity index (χ4n) is 1.29. The number of anilines is 1. The number of nitrogens with one attached hydrogen (secondary N) is 2. The van der Waals surface area contributed by atoms with Gasteiger partial charge in [0.25, 0.3) is 0 Å². The molecule has 1 aromatic heterocycles. The molecule has 1 heterocycles. The van der Waals surface area contributed by atoms with Crippen molar-refractivity contribution in [3.05, 3.63) is 12.4 Å². The zero-order valence-electron chi connectivity index (χ0n) is 11.3. The normalized spacial score (nSPS) is 12.8. The molecule has 0 aliphatic heterocycles. The molecular formula is C12H22N4O2. The maximum absolute atomic E-state index is 11.5. The zero-order valence-corrected chi connectivity index (χ0v) is 11.3. The molecule has 1 aromatic rings. The molecule has 0 fully saturated rings. The molecule has 102 valence electrons. The molecule has 0 aliphatic rings. The van der Waals surface area contributed by atoms with E-state index in [9.17, 15) is 9.90 Å². The van der Waals surface area contributed by atoms with Gasteiger partial charge in [-0.1, -0.05) is 13.8 Å². The summed E-state index contributed by atoms with van der Waals surface area (Å²) in [6, 6.07) is -0.0793. The molecule has 6 nitrogen and oxygen atoms in total. The summed E-state index contributed by atoms with van der Waals surface area (Å²) < 4.78 is 1.76. The molecule has 0 unspecified atom stereocenters. The van der Waals surface area contributed by atoms with Gasteiger partial charge in [-0.05, 0) is 19.8 Å². The lowest BCUT2D eigenvalue weighted by Gasteiger charge is -2.15. The molecule has 3 N–H and O–H groups in total. The largest absolute Gasteiger partial charge is 0.391 e. The second-order valence-electron chi connectivity index (χ2n) is 4.95. The smallest absolute Gasteiger partial charge is 0.319 e. The number of aliphatic hydroxyl groups excluding tert-OH is 1. The molecule has 0 saturated heterocycles. The van der Waals surface area contributed by atoms with Gasteiger partial charge in [0.2, 0.25) is 0 Å². The summed E-state index contributed by atoms with van der Waals surface area (Å²) in [5.74, 6) is 0.119. The maximum atomic E-state index is 11.5. The van der Waals surface area contributed by atoms with Crippen LogP contribution in [0.25, 0.3) is 0 Å². The quantitative estimate of drug-likeness (QED) is 0.746. The molecule has 6 heteroatoms. The highest BCUT2D eigenvalue weighted by molar-refractivity contribution is 5.88. The van der Waals surface area contributed by atoms with E-state index in [0.29, 0.717) is 5.69 Å². The standard InChI is InChI=1S/C12H22N4O2/c1-8(2)11(17)6-13-12(18)15-10-5-14-16(7-10)9(3)4/h5,7-9,11,17H,6H2,1-4H3,(H2,13,15,18)/t11-/m1/s1. The average molecular weight is 254 g/mol. The van der Waals surface area contributed by atoms with Crippen molar-refractivity contribution < 1.29 is 9.90 Å². The third-order valence-electron chi connectivity index (χ3n) is 2.63. The first-order chi connectivity index (χ1) is 8.40. The maximum Gasteiger partial charge on any atom is 0.319 e. The van der Waals surface area contributed by atoms with Crippen LogP contribution in [0.15, 0.2) is 12.4 Å². The first-order valence-corrected chi connectivity index (χ1v) is 6.17. The summed E-state index contributed by atoms with van der Waals surface area (Å²) in [4.78, 5) is 11.5. The number of hydrogen-bond acceptors (Lipinski definition) is 3. The number of hydrogen-bond donors (Lipinski definition) is 3. The molecule has 0 spiro atoms. The number of aromatic nitrogens is 2. The van der Waals surface area contributed by atoms with E-state index in [1.54, 1.807) is 17.1 Å². The monoisotopic (exact) mass is 254 g/mol. The summed E-state index contributed by atoms with van der Waals surface area (Å²) in [5.41, 5.74) is 0.639. The summed E-state index contributed by atoms with van der Waals surface area (Å²) >= 11 is 0. The zero-order chi connectivity index (χ0) is 13.7. The van der Waals surface area contributed by atoms with Crippen molar-refractivity contribution in [2.24, 2.45) is 5.92 Å². The number of amides is 2. The van der Waals surface area contributed by atoms with Crippen molar-refractivity contribution in [2.75, 3.05) is 11.9 Å². The topological polar surface area (TPSA) is 79.2 Å². The van der Waals surface area contributed by atoms with Gasteiger partial charge in [-0.2, -0.15) is 5.10 Å². The molecule has 2 amide bonds. The summed E-state index contributed by atoms with van der Waals surface area (Å²) in [5, 5.41) is 19.0. The van der Waals surface area contributed by atoms with Gasteiger partial charge in [-0.3, -0.25) is 4.68 Å². The Balaban J connectivity index is 2.40. The fraction of sp³-hybridized carbons (Fsp3) is 0.667. The van der Waals surface area contributed by atoms with E-state index in [1.165, 1.54) is 0 Å². The second-order valence-corrected chi connectivity index (χ2v) is 4.95. The third-order valence-corrected chi connectivity index (χ3v) is 2.63. The lowest BCUT2D eigenvalue weighted by atomic mass is 10.1. The number of aliphatic hydroxyl groups is 1. The minimum Gasteiger partial charge on any atom is -0.391 e. The van der Waals surface area contributed by atoms with E-state index in [1.807, 2.05) is 27.7 Å². The Hall–Kier alpha value is -1.56. The Morgan fingerprint density at radius 2 is 2.11 bits per heavy atom. The number of rotatable bonds is 5. The third kappa shape index (κ3) is 4.37. The van der Waals surface area contributed by atoms with Gasteiger partial charge in [-0.25, -0.2) is 4.79 Å². The van der Waals surface area contributed by atoms with Crippen LogP contribution in [0, 0.1) is 5.92 Å². The van der Waals surface area contributed by atoms with Crippen molar-refractivity contribution in [2.45, 2.75) is 39.8 Å². The lowest BCUT2D eigenvalue weighted by Crippen LogP contribution is -2.37. The van der Waals surface area contributed by atoms with Gasteiger partial charge >= 0.3 is 6.03 Å². The van der Waals surface area contributed by atoms with Crippen LogP contribution < -0.4 is 10.6 Å². The van der Waals surface area contributed by atoms with Crippen LogP contribution in [-0.2, 0) is 0 Å². The number of carbonyl (C=O) groups is 1. The van der Waals surface area contributed by atoms with Crippen molar-refractivity contribution in [3.8, 4) is 0 Å². The summed E-state index contributed by atoms with van der Waals surface area (Å²) in [6.45, 7) is 8.06. The highest BCUT2D eigenvalue weighted by atomic mass is 16.3. The van der Waals surface area contributed by atoms with Gasteiger partial charge in [0, 0.05) is 18.8 Å². The Labute approximate surface area is 107 Å². The van der Waals surface area contributed by atoms with E-state index >= 15 is 0 Å². The van der Waals surface area contributed by atoms with E-state index in [0.717, 1.165) is 0 Å². The minimum atomic E-state index is -0.533. The Kier molecular flexibility index (Phi) is 5.15. The van der Waals surface area contributed by atoms with Crippen LogP contribution >= 0.6 is 0 Å². The van der Waals surface area contributed by atoms with E-state index in [2.05, 4.69) is 15.7 Å². The van der Waals surface area contributed by atoms with Crippen LogP contribution in [0.4, 0.5) is 10.5 Å². The molecule has 0 saturated carbocycles. The van der Waals surface area contributed by atoms with Gasteiger partial charge in [0.05, 0.1) is 18.0 Å². The SMILES string of the molecule is CC(C)[C@H](O)CNC(=O)Nc1cnn(C(C)C)c1. The van der Waals surface area contributed by atoms with Crippen LogP contribution in [0.2, 0.25) is 0 Å². The first kappa shape index (κ1) is 14.5. The van der Waals surface area contributed by atoms with Crippen LogP contribution in [-0.4, -0.2) is 33.6 Å².